The second kappa shape index (κ2) is 7.99. The van der Waals surface area contributed by atoms with Crippen molar-refractivity contribution in [3.05, 3.63) is 0 Å². The summed E-state index contributed by atoms with van der Waals surface area (Å²) in [6, 6.07) is 1.62. The highest BCUT2D eigenvalue weighted by atomic mass is 16.1. The number of rotatable bonds is 7. The van der Waals surface area contributed by atoms with Gasteiger partial charge in [-0.15, -0.1) is 0 Å². The van der Waals surface area contributed by atoms with Gasteiger partial charge >= 0.3 is 0 Å². The molecule has 2 rings (SSSR count). The molecule has 0 bridgehead atoms. The molecule has 0 aromatic rings. The highest BCUT2D eigenvalue weighted by molar-refractivity contribution is 5.76. The maximum absolute atomic E-state index is 11.8. The van der Waals surface area contributed by atoms with E-state index in [-0.39, 0.29) is 5.91 Å². The van der Waals surface area contributed by atoms with Crippen LogP contribution in [0, 0.1) is 5.92 Å². The van der Waals surface area contributed by atoms with E-state index in [1.54, 1.807) is 0 Å². The molecule has 2 aliphatic rings. The molecular weight excluding hydrogens is 250 g/mol. The van der Waals surface area contributed by atoms with Gasteiger partial charge in [-0.3, -0.25) is 4.79 Å². The summed E-state index contributed by atoms with van der Waals surface area (Å²) in [5.41, 5.74) is 0. The Hall–Kier alpha value is -0.610. The molecule has 4 unspecified atom stereocenters. The van der Waals surface area contributed by atoms with Gasteiger partial charge in [0.05, 0.1) is 0 Å². The predicted octanol–water partition coefficient (Wildman–Crippen LogP) is 1.80. The number of nitrogens with one attached hydrogen (secondary N) is 3. The Balaban J connectivity index is 1.66. The minimum Gasteiger partial charge on any atom is -0.354 e. The van der Waals surface area contributed by atoms with E-state index in [2.05, 4.69) is 29.8 Å². The highest BCUT2D eigenvalue weighted by Gasteiger charge is 2.34. The molecule has 0 aromatic heterocycles. The minimum atomic E-state index is 0.181. The van der Waals surface area contributed by atoms with Crippen LogP contribution < -0.4 is 16.0 Å². The molecule has 3 N–H and O–H groups in total. The first-order valence-electron chi connectivity index (χ1n) is 8.46. The second-order valence-electron chi connectivity index (χ2n) is 6.49. The molecule has 1 aliphatic carbocycles. The SMILES string of the molecule is CCC(C)NC(=O)CCNC1CCCC1C1CCCN1. The van der Waals surface area contributed by atoms with Crippen molar-refractivity contribution < 1.29 is 4.79 Å². The highest BCUT2D eigenvalue weighted by Crippen LogP contribution is 2.31. The van der Waals surface area contributed by atoms with Gasteiger partial charge in [0.1, 0.15) is 0 Å². The summed E-state index contributed by atoms with van der Waals surface area (Å²) in [4.78, 5) is 11.8. The van der Waals surface area contributed by atoms with Crippen LogP contribution >= 0.6 is 0 Å². The summed E-state index contributed by atoms with van der Waals surface area (Å²) in [7, 11) is 0. The van der Waals surface area contributed by atoms with Crippen LogP contribution in [-0.2, 0) is 4.79 Å². The van der Waals surface area contributed by atoms with Gasteiger partial charge in [-0.2, -0.15) is 0 Å². The van der Waals surface area contributed by atoms with Gasteiger partial charge in [-0.25, -0.2) is 0 Å². The Labute approximate surface area is 123 Å². The lowest BCUT2D eigenvalue weighted by molar-refractivity contribution is -0.121. The summed E-state index contributed by atoms with van der Waals surface area (Å²) in [6.07, 6.45) is 8.20. The van der Waals surface area contributed by atoms with E-state index in [1.165, 1.54) is 38.6 Å². The zero-order valence-electron chi connectivity index (χ0n) is 13.1. The molecule has 20 heavy (non-hydrogen) atoms. The molecule has 2 fully saturated rings. The van der Waals surface area contributed by atoms with Gasteiger partial charge in [-0.1, -0.05) is 13.3 Å². The van der Waals surface area contributed by atoms with Crippen LogP contribution in [0.3, 0.4) is 0 Å². The van der Waals surface area contributed by atoms with E-state index >= 15 is 0 Å². The van der Waals surface area contributed by atoms with Crippen molar-refractivity contribution in [2.24, 2.45) is 5.92 Å². The van der Waals surface area contributed by atoms with Crippen LogP contribution in [0.1, 0.15) is 58.8 Å². The third-order valence-corrected chi connectivity index (χ3v) is 4.96. The summed E-state index contributed by atoms with van der Waals surface area (Å²) in [5.74, 6) is 0.954. The molecule has 1 saturated heterocycles. The second-order valence-corrected chi connectivity index (χ2v) is 6.49. The fourth-order valence-corrected chi connectivity index (χ4v) is 3.62. The predicted molar refractivity (Wildman–Crippen MR) is 82.7 cm³/mol. The molecule has 116 valence electrons. The average molecular weight is 281 g/mol. The zero-order chi connectivity index (χ0) is 14.4. The fourth-order valence-electron chi connectivity index (χ4n) is 3.62. The van der Waals surface area contributed by atoms with Crippen molar-refractivity contribution in [3.8, 4) is 0 Å². The van der Waals surface area contributed by atoms with Crippen LogP contribution in [0.25, 0.3) is 0 Å². The largest absolute Gasteiger partial charge is 0.354 e. The van der Waals surface area contributed by atoms with E-state index < -0.39 is 0 Å². The molecule has 1 heterocycles. The number of hydrogen-bond acceptors (Lipinski definition) is 3. The molecule has 1 amide bonds. The Morgan fingerprint density at radius 2 is 2.15 bits per heavy atom. The summed E-state index contributed by atoms with van der Waals surface area (Å²) in [5, 5.41) is 10.3. The van der Waals surface area contributed by atoms with Crippen LogP contribution in [-0.4, -0.2) is 37.1 Å². The Morgan fingerprint density at radius 3 is 2.85 bits per heavy atom. The smallest absolute Gasteiger partial charge is 0.221 e. The fraction of sp³-hybridized carbons (Fsp3) is 0.938. The summed E-state index contributed by atoms with van der Waals surface area (Å²) < 4.78 is 0. The molecular formula is C16H31N3O. The molecule has 0 spiro atoms. The van der Waals surface area contributed by atoms with Crippen molar-refractivity contribution in [2.75, 3.05) is 13.1 Å². The van der Waals surface area contributed by atoms with E-state index in [4.69, 9.17) is 0 Å². The number of carbonyl (C=O) groups is 1. The molecule has 4 nitrogen and oxygen atoms in total. The first-order valence-corrected chi connectivity index (χ1v) is 8.46. The molecule has 1 aliphatic heterocycles. The summed E-state index contributed by atoms with van der Waals surface area (Å²) in [6.45, 7) is 6.16. The Kier molecular flexibility index (Phi) is 6.30. The Bertz CT molecular complexity index is 302. The summed E-state index contributed by atoms with van der Waals surface area (Å²) >= 11 is 0. The average Bonchev–Trinajstić information content (AvgIpc) is 3.08. The van der Waals surface area contributed by atoms with Crippen LogP contribution in [0.4, 0.5) is 0 Å². The van der Waals surface area contributed by atoms with Crippen LogP contribution in [0.2, 0.25) is 0 Å². The van der Waals surface area contributed by atoms with Crippen LogP contribution in [0.5, 0.6) is 0 Å². The lowest BCUT2D eigenvalue weighted by Gasteiger charge is -2.26. The minimum absolute atomic E-state index is 0.181. The quantitative estimate of drug-likeness (QED) is 0.667. The van der Waals surface area contributed by atoms with Gasteiger partial charge < -0.3 is 16.0 Å². The van der Waals surface area contributed by atoms with Gasteiger partial charge in [0.15, 0.2) is 0 Å². The van der Waals surface area contributed by atoms with E-state index in [1.807, 2.05) is 0 Å². The van der Waals surface area contributed by atoms with Gasteiger partial charge in [0.2, 0.25) is 5.91 Å². The monoisotopic (exact) mass is 281 g/mol. The third-order valence-electron chi connectivity index (χ3n) is 4.96. The van der Waals surface area contributed by atoms with Crippen molar-refractivity contribution >= 4 is 5.91 Å². The molecule has 0 aromatic carbocycles. The zero-order valence-corrected chi connectivity index (χ0v) is 13.1. The molecule has 0 radical (unpaired) electrons. The van der Waals surface area contributed by atoms with Crippen LogP contribution in [0.15, 0.2) is 0 Å². The maximum Gasteiger partial charge on any atom is 0.221 e. The molecule has 4 atom stereocenters. The van der Waals surface area contributed by atoms with Crippen molar-refractivity contribution in [2.45, 2.75) is 76.9 Å². The first-order chi connectivity index (χ1) is 9.70. The van der Waals surface area contributed by atoms with E-state index in [0.29, 0.717) is 24.5 Å². The van der Waals surface area contributed by atoms with Crippen molar-refractivity contribution in [1.29, 1.82) is 0 Å². The van der Waals surface area contributed by atoms with Gasteiger partial charge in [-0.05, 0) is 51.5 Å². The maximum atomic E-state index is 11.8. The topological polar surface area (TPSA) is 53.2 Å². The van der Waals surface area contributed by atoms with Gasteiger partial charge in [0, 0.05) is 31.1 Å². The molecule has 1 saturated carbocycles. The van der Waals surface area contributed by atoms with Crippen molar-refractivity contribution in [3.63, 3.8) is 0 Å². The normalized spacial score (nSPS) is 31.4. The first kappa shape index (κ1) is 15.8. The number of carbonyl (C=O) groups excluding carboxylic acids is 1. The van der Waals surface area contributed by atoms with Crippen molar-refractivity contribution in [1.82, 2.24) is 16.0 Å². The lowest BCUT2D eigenvalue weighted by atomic mass is 9.93. The Morgan fingerprint density at radius 1 is 1.30 bits per heavy atom. The number of amides is 1. The standard InChI is InChI=1S/C16H31N3O/c1-3-12(2)19-16(20)9-11-18-14-7-4-6-13(14)15-8-5-10-17-15/h12-15,17-18H,3-11H2,1-2H3,(H,19,20). The third kappa shape index (κ3) is 4.45. The molecule has 4 heteroatoms. The van der Waals surface area contributed by atoms with Gasteiger partial charge in [0.25, 0.3) is 0 Å². The van der Waals surface area contributed by atoms with E-state index in [0.717, 1.165) is 18.9 Å². The van der Waals surface area contributed by atoms with E-state index in [9.17, 15) is 4.79 Å². The number of hydrogen-bond donors (Lipinski definition) is 3. The lowest BCUT2D eigenvalue weighted by Crippen LogP contribution is -2.43.